The normalized spacial score (nSPS) is 15.2. The Morgan fingerprint density at radius 1 is 1.30 bits per heavy atom. The first kappa shape index (κ1) is 17.6. The monoisotopic (exact) mass is 381 g/mol. The van der Waals surface area contributed by atoms with Crippen LogP contribution in [0.5, 0.6) is 5.75 Å². The first-order chi connectivity index (χ1) is 13.2. The summed E-state index contributed by atoms with van der Waals surface area (Å²) in [6.07, 6.45) is 7.34. The molecule has 0 saturated heterocycles. The molecule has 1 amide bonds. The highest BCUT2D eigenvalue weighted by atomic mass is 35.5. The zero-order chi connectivity index (χ0) is 18.8. The number of amides is 1. The van der Waals surface area contributed by atoms with E-state index < -0.39 is 0 Å². The average Bonchev–Trinajstić information content (AvgIpc) is 3.48. The highest BCUT2D eigenvalue weighted by Gasteiger charge is 2.33. The van der Waals surface area contributed by atoms with Gasteiger partial charge in [0.15, 0.2) is 5.15 Å². The summed E-state index contributed by atoms with van der Waals surface area (Å²) in [7, 11) is 1.64. The van der Waals surface area contributed by atoms with Gasteiger partial charge in [-0.25, -0.2) is 4.98 Å². The van der Waals surface area contributed by atoms with E-state index in [1.54, 1.807) is 13.2 Å². The van der Waals surface area contributed by atoms with E-state index in [0.717, 1.165) is 29.8 Å². The van der Waals surface area contributed by atoms with Crippen molar-refractivity contribution in [1.82, 2.24) is 14.7 Å². The number of pyridine rings is 1. The Kier molecular flexibility index (Phi) is 4.86. The number of carbonyl (C=O) groups excluding carboxylic acids is 1. The van der Waals surface area contributed by atoms with Gasteiger partial charge in [-0.3, -0.25) is 9.20 Å². The second-order valence-corrected chi connectivity index (χ2v) is 7.00. The third-order valence-electron chi connectivity index (χ3n) is 4.78. The van der Waals surface area contributed by atoms with Gasteiger partial charge in [0.05, 0.1) is 18.8 Å². The fraction of sp³-hybridized carbons (Fsp3) is 0.238. The number of benzene rings is 1. The Hall–Kier alpha value is -2.79. The largest absolute Gasteiger partial charge is 0.497 e. The van der Waals surface area contributed by atoms with Crippen LogP contribution in [0.25, 0.3) is 11.7 Å². The summed E-state index contributed by atoms with van der Waals surface area (Å²) < 4.78 is 7.07. The summed E-state index contributed by atoms with van der Waals surface area (Å²) in [6, 6.07) is 13.5. The van der Waals surface area contributed by atoms with Gasteiger partial charge in [0, 0.05) is 12.3 Å². The Labute approximate surface area is 162 Å². The highest BCUT2D eigenvalue weighted by Crippen LogP contribution is 2.41. The predicted molar refractivity (Wildman–Crippen MR) is 106 cm³/mol. The summed E-state index contributed by atoms with van der Waals surface area (Å²) >= 11 is 6.21. The lowest BCUT2D eigenvalue weighted by molar-refractivity contribution is -0.117. The molecule has 1 atom stereocenters. The SMILES string of the molecule is COc1ccc(C(NC(=O)/C=C/c2c(Cl)nc3ccccn23)C2CC2)cc1. The molecule has 0 spiro atoms. The number of hydrogen-bond donors (Lipinski definition) is 1. The van der Waals surface area contributed by atoms with Crippen molar-refractivity contribution in [2.75, 3.05) is 7.11 Å². The number of carbonyl (C=O) groups is 1. The minimum absolute atomic E-state index is 0.00529. The number of hydrogen-bond acceptors (Lipinski definition) is 3. The van der Waals surface area contributed by atoms with Crippen LogP contribution in [0.4, 0.5) is 0 Å². The van der Waals surface area contributed by atoms with Crippen LogP contribution in [0, 0.1) is 5.92 Å². The molecule has 138 valence electrons. The molecule has 0 bridgehead atoms. The Morgan fingerprint density at radius 2 is 2.07 bits per heavy atom. The number of imidazole rings is 1. The molecule has 1 unspecified atom stereocenters. The molecule has 6 heteroatoms. The van der Waals surface area contributed by atoms with Gasteiger partial charge in [-0.05, 0) is 54.7 Å². The van der Waals surface area contributed by atoms with Crippen LogP contribution in [0.1, 0.15) is 30.1 Å². The molecule has 1 aromatic carbocycles. The first-order valence-electron chi connectivity index (χ1n) is 8.91. The van der Waals surface area contributed by atoms with Gasteiger partial charge in [0.2, 0.25) is 5.91 Å². The van der Waals surface area contributed by atoms with Gasteiger partial charge in [-0.15, -0.1) is 0 Å². The van der Waals surface area contributed by atoms with E-state index in [1.807, 2.05) is 53.1 Å². The van der Waals surface area contributed by atoms with E-state index in [2.05, 4.69) is 10.3 Å². The van der Waals surface area contributed by atoms with Crippen molar-refractivity contribution in [3.63, 3.8) is 0 Å². The summed E-state index contributed by atoms with van der Waals surface area (Å²) in [5, 5.41) is 3.50. The number of rotatable bonds is 6. The minimum atomic E-state index is -0.148. The fourth-order valence-electron chi connectivity index (χ4n) is 3.21. The second-order valence-electron chi connectivity index (χ2n) is 6.65. The summed E-state index contributed by atoms with van der Waals surface area (Å²) in [5.74, 6) is 1.14. The van der Waals surface area contributed by atoms with Gasteiger partial charge in [0.1, 0.15) is 11.4 Å². The van der Waals surface area contributed by atoms with E-state index in [1.165, 1.54) is 6.08 Å². The lowest BCUT2D eigenvalue weighted by atomic mass is 10.0. The quantitative estimate of drug-likeness (QED) is 0.648. The van der Waals surface area contributed by atoms with Crippen molar-refractivity contribution in [2.45, 2.75) is 18.9 Å². The summed E-state index contributed by atoms with van der Waals surface area (Å²) in [5.41, 5.74) is 2.53. The van der Waals surface area contributed by atoms with E-state index in [0.29, 0.717) is 16.8 Å². The minimum Gasteiger partial charge on any atom is -0.497 e. The van der Waals surface area contributed by atoms with E-state index in [9.17, 15) is 4.79 Å². The number of nitrogens with one attached hydrogen (secondary N) is 1. The zero-order valence-electron chi connectivity index (χ0n) is 14.9. The van der Waals surface area contributed by atoms with Gasteiger partial charge in [-0.2, -0.15) is 0 Å². The molecule has 2 heterocycles. The number of nitrogens with zero attached hydrogens (tertiary/aromatic N) is 2. The molecule has 2 aromatic heterocycles. The smallest absolute Gasteiger partial charge is 0.244 e. The number of methoxy groups -OCH3 is 1. The van der Waals surface area contributed by atoms with Crippen molar-refractivity contribution in [3.05, 3.63) is 71.1 Å². The van der Waals surface area contributed by atoms with Crippen LogP contribution in [0.15, 0.2) is 54.7 Å². The van der Waals surface area contributed by atoms with Gasteiger partial charge in [-0.1, -0.05) is 29.8 Å². The number of ether oxygens (including phenoxy) is 1. The maximum atomic E-state index is 12.5. The molecule has 27 heavy (non-hydrogen) atoms. The first-order valence-corrected chi connectivity index (χ1v) is 9.28. The van der Waals surface area contributed by atoms with E-state index >= 15 is 0 Å². The second kappa shape index (κ2) is 7.45. The third-order valence-corrected chi connectivity index (χ3v) is 5.06. The highest BCUT2D eigenvalue weighted by molar-refractivity contribution is 6.31. The van der Waals surface area contributed by atoms with Crippen LogP contribution < -0.4 is 10.1 Å². The third kappa shape index (κ3) is 3.83. The lowest BCUT2D eigenvalue weighted by Gasteiger charge is -2.18. The fourth-order valence-corrected chi connectivity index (χ4v) is 3.45. The van der Waals surface area contributed by atoms with E-state index in [4.69, 9.17) is 16.3 Å². The Bertz CT molecular complexity index is 990. The Balaban J connectivity index is 1.51. The molecule has 5 nitrogen and oxygen atoms in total. The molecule has 1 aliphatic carbocycles. The number of fused-ring (bicyclic) bond motifs is 1. The van der Waals surface area contributed by atoms with Crippen LogP contribution in [-0.4, -0.2) is 22.4 Å². The van der Waals surface area contributed by atoms with Crippen molar-refractivity contribution in [3.8, 4) is 5.75 Å². The molecule has 1 saturated carbocycles. The average molecular weight is 382 g/mol. The standard InChI is InChI=1S/C21H20ClN3O2/c1-27-16-9-7-15(8-10-16)20(14-5-6-14)24-19(26)12-11-17-21(22)23-18-4-2-3-13-25(17)18/h2-4,7-14,20H,5-6H2,1H3,(H,24,26)/b12-11+. The molecular weight excluding hydrogens is 362 g/mol. The van der Waals surface area contributed by atoms with Gasteiger partial charge < -0.3 is 10.1 Å². The van der Waals surface area contributed by atoms with Crippen LogP contribution in [0.3, 0.4) is 0 Å². The molecule has 4 rings (SSSR count). The summed E-state index contributed by atoms with van der Waals surface area (Å²) in [4.78, 5) is 16.8. The molecule has 0 radical (unpaired) electrons. The van der Waals surface area contributed by atoms with E-state index in [-0.39, 0.29) is 11.9 Å². The van der Waals surface area contributed by atoms with Crippen LogP contribution in [0.2, 0.25) is 5.15 Å². The molecule has 0 aliphatic heterocycles. The maximum Gasteiger partial charge on any atom is 0.244 e. The van der Waals surface area contributed by atoms with Gasteiger partial charge in [0.25, 0.3) is 0 Å². The molecular formula is C21H20ClN3O2. The van der Waals surface area contributed by atoms with Crippen molar-refractivity contribution in [1.29, 1.82) is 0 Å². The van der Waals surface area contributed by atoms with Crippen LogP contribution >= 0.6 is 11.6 Å². The van der Waals surface area contributed by atoms with Gasteiger partial charge >= 0.3 is 0 Å². The molecule has 1 N–H and O–H groups in total. The van der Waals surface area contributed by atoms with Crippen molar-refractivity contribution in [2.24, 2.45) is 5.92 Å². The molecule has 1 fully saturated rings. The maximum absolute atomic E-state index is 12.5. The van der Waals surface area contributed by atoms with Crippen molar-refractivity contribution < 1.29 is 9.53 Å². The molecule has 1 aliphatic rings. The zero-order valence-corrected chi connectivity index (χ0v) is 15.7. The molecule has 3 aromatic rings. The summed E-state index contributed by atoms with van der Waals surface area (Å²) in [6.45, 7) is 0. The Morgan fingerprint density at radius 3 is 2.78 bits per heavy atom. The number of halogens is 1. The van der Waals surface area contributed by atoms with Crippen LogP contribution in [-0.2, 0) is 4.79 Å². The number of aromatic nitrogens is 2. The lowest BCUT2D eigenvalue weighted by Crippen LogP contribution is -2.28. The topological polar surface area (TPSA) is 55.6 Å². The predicted octanol–water partition coefficient (Wildman–Crippen LogP) is 4.28. The van der Waals surface area contributed by atoms with Crippen molar-refractivity contribution >= 4 is 29.2 Å².